The second-order valence-corrected chi connectivity index (χ2v) is 11.1. The minimum Gasteiger partial charge on any atom is -0.497 e. The van der Waals surface area contributed by atoms with Gasteiger partial charge in [0, 0.05) is 43.5 Å². The van der Waals surface area contributed by atoms with Crippen molar-refractivity contribution in [3.63, 3.8) is 0 Å². The SMILES string of the molecule is COc1cccc(N2CCN(C3=NC(=O)/C(=C/c4ccc(OCc5ccc(C(F)(F)F)cc5C(F)(F)F)c(OC)c4)S3)CC2)c1. The smallest absolute Gasteiger partial charge is 0.416 e. The van der Waals surface area contributed by atoms with Crippen molar-refractivity contribution in [1.29, 1.82) is 0 Å². The molecule has 2 heterocycles. The highest BCUT2D eigenvalue weighted by Gasteiger charge is 2.38. The van der Waals surface area contributed by atoms with Crippen molar-refractivity contribution in [2.24, 2.45) is 4.99 Å². The summed E-state index contributed by atoms with van der Waals surface area (Å²) < 4.78 is 95.7. The summed E-state index contributed by atoms with van der Waals surface area (Å²) in [5, 5.41) is 0.598. The largest absolute Gasteiger partial charge is 0.497 e. The van der Waals surface area contributed by atoms with Crippen molar-refractivity contribution in [2.45, 2.75) is 19.0 Å². The molecule has 3 aromatic rings. The fraction of sp³-hybridized carbons (Fsp3) is 0.290. The number of benzene rings is 3. The summed E-state index contributed by atoms with van der Waals surface area (Å²) in [4.78, 5) is 21.6. The van der Waals surface area contributed by atoms with Crippen LogP contribution in [0.15, 0.2) is 70.6 Å². The molecule has 0 saturated carbocycles. The molecule has 1 amide bonds. The van der Waals surface area contributed by atoms with Gasteiger partial charge in [-0.3, -0.25) is 4.79 Å². The van der Waals surface area contributed by atoms with Gasteiger partial charge in [0.25, 0.3) is 5.91 Å². The molecule has 0 atom stereocenters. The molecule has 0 spiro atoms. The number of nitrogens with zero attached hydrogens (tertiary/aromatic N) is 3. The minimum atomic E-state index is -5.02. The maximum absolute atomic E-state index is 13.5. The van der Waals surface area contributed by atoms with Crippen LogP contribution in [-0.2, 0) is 23.8 Å². The van der Waals surface area contributed by atoms with Crippen LogP contribution in [0.5, 0.6) is 17.2 Å². The van der Waals surface area contributed by atoms with E-state index < -0.39 is 41.6 Å². The van der Waals surface area contributed by atoms with Crippen molar-refractivity contribution in [3.8, 4) is 17.2 Å². The maximum atomic E-state index is 13.5. The predicted molar refractivity (Wildman–Crippen MR) is 159 cm³/mol. The van der Waals surface area contributed by atoms with E-state index in [9.17, 15) is 31.1 Å². The Hall–Kier alpha value is -4.33. The van der Waals surface area contributed by atoms with Gasteiger partial charge in [-0.2, -0.15) is 31.3 Å². The zero-order chi connectivity index (χ0) is 32.4. The molecule has 14 heteroatoms. The number of methoxy groups -OCH3 is 2. The Morgan fingerprint density at radius 2 is 1.58 bits per heavy atom. The van der Waals surface area contributed by atoms with Crippen molar-refractivity contribution < 1.29 is 45.3 Å². The predicted octanol–water partition coefficient (Wildman–Crippen LogP) is 7.11. The standard InChI is InChI=1S/C31H27F6N3O4S/c1-42-23-5-3-4-22(17-23)39-10-12-40(13-11-39)29-38-28(41)27(45-29)15-19-6-9-25(26(14-19)43-2)44-18-20-7-8-21(30(32,33)34)16-24(20)31(35,36)37/h3-9,14-17H,10-13,18H2,1-2H3/b27-15-. The van der Waals surface area contributed by atoms with E-state index in [0.717, 1.165) is 30.6 Å². The van der Waals surface area contributed by atoms with E-state index in [1.54, 1.807) is 25.3 Å². The fourth-order valence-electron chi connectivity index (χ4n) is 4.84. The average molecular weight is 652 g/mol. The summed E-state index contributed by atoms with van der Waals surface area (Å²) in [6.45, 7) is 2.14. The Morgan fingerprint density at radius 1 is 0.844 bits per heavy atom. The van der Waals surface area contributed by atoms with Crippen LogP contribution >= 0.6 is 11.8 Å². The van der Waals surface area contributed by atoms with Crippen LogP contribution in [-0.4, -0.2) is 56.4 Å². The van der Waals surface area contributed by atoms with Gasteiger partial charge in [-0.05, 0) is 59.8 Å². The lowest BCUT2D eigenvalue weighted by Gasteiger charge is -2.36. The van der Waals surface area contributed by atoms with Crippen molar-refractivity contribution in [1.82, 2.24) is 4.90 Å². The van der Waals surface area contributed by atoms with Gasteiger partial charge in [0.05, 0.1) is 30.3 Å². The first-order chi connectivity index (χ1) is 21.4. The van der Waals surface area contributed by atoms with Gasteiger partial charge in [-0.25, -0.2) is 0 Å². The molecule has 7 nitrogen and oxygen atoms in total. The van der Waals surface area contributed by atoms with E-state index >= 15 is 0 Å². The second-order valence-electron chi connectivity index (χ2n) is 10.1. The number of ether oxygens (including phenoxy) is 3. The van der Waals surface area contributed by atoms with Crippen LogP contribution < -0.4 is 19.1 Å². The summed E-state index contributed by atoms with van der Waals surface area (Å²) in [6, 6.07) is 13.8. The molecule has 0 bridgehead atoms. The van der Waals surface area contributed by atoms with E-state index in [1.807, 2.05) is 29.2 Å². The van der Waals surface area contributed by atoms with Gasteiger partial charge >= 0.3 is 12.4 Å². The van der Waals surface area contributed by atoms with E-state index in [1.165, 1.54) is 24.9 Å². The molecule has 5 rings (SSSR count). The molecule has 2 aliphatic heterocycles. The first kappa shape index (κ1) is 32.1. The molecule has 1 saturated heterocycles. The molecule has 0 unspecified atom stereocenters. The van der Waals surface area contributed by atoms with Crippen LogP contribution in [0, 0.1) is 0 Å². The van der Waals surface area contributed by atoms with Crippen LogP contribution in [0.3, 0.4) is 0 Å². The average Bonchev–Trinajstić information content (AvgIpc) is 3.38. The third-order valence-electron chi connectivity index (χ3n) is 7.19. The van der Waals surface area contributed by atoms with E-state index in [-0.39, 0.29) is 17.6 Å². The number of hydrogen-bond acceptors (Lipinski definition) is 7. The molecule has 45 heavy (non-hydrogen) atoms. The number of alkyl halides is 6. The number of halogens is 6. The van der Waals surface area contributed by atoms with Crippen LogP contribution in [0.4, 0.5) is 32.0 Å². The summed E-state index contributed by atoms with van der Waals surface area (Å²) in [5.41, 5.74) is -1.71. The number of piperazine rings is 1. The molecule has 0 radical (unpaired) electrons. The summed E-state index contributed by atoms with van der Waals surface area (Å²) in [7, 11) is 2.95. The topological polar surface area (TPSA) is 63.6 Å². The monoisotopic (exact) mass is 651 g/mol. The number of hydrogen-bond donors (Lipinski definition) is 0. The molecule has 0 N–H and O–H groups in total. The fourth-order valence-corrected chi connectivity index (χ4v) is 5.80. The second kappa shape index (κ2) is 13.0. The van der Waals surface area contributed by atoms with Gasteiger partial charge in [-0.15, -0.1) is 0 Å². The number of thioether (sulfide) groups is 1. The summed E-state index contributed by atoms with van der Waals surface area (Å²) >= 11 is 1.25. The van der Waals surface area contributed by atoms with Gasteiger partial charge in [0.15, 0.2) is 16.7 Å². The molecule has 1 fully saturated rings. The van der Waals surface area contributed by atoms with Gasteiger partial charge < -0.3 is 24.0 Å². The molecule has 0 aliphatic carbocycles. The Morgan fingerprint density at radius 3 is 2.24 bits per heavy atom. The van der Waals surface area contributed by atoms with E-state index in [2.05, 4.69) is 9.89 Å². The zero-order valence-corrected chi connectivity index (χ0v) is 24.9. The highest BCUT2D eigenvalue weighted by atomic mass is 32.2. The van der Waals surface area contributed by atoms with Crippen molar-refractivity contribution in [3.05, 3.63) is 87.8 Å². The van der Waals surface area contributed by atoms with Gasteiger partial charge in [0.2, 0.25) is 0 Å². The third kappa shape index (κ3) is 7.49. The lowest BCUT2D eigenvalue weighted by Crippen LogP contribution is -2.47. The van der Waals surface area contributed by atoms with Gasteiger partial charge in [0.1, 0.15) is 12.4 Å². The van der Waals surface area contributed by atoms with Crippen LogP contribution in [0.25, 0.3) is 6.08 Å². The number of rotatable bonds is 7. The van der Waals surface area contributed by atoms with Crippen LogP contribution in [0.1, 0.15) is 22.3 Å². The van der Waals surface area contributed by atoms with E-state index in [4.69, 9.17) is 14.2 Å². The Labute approximate surface area is 259 Å². The summed E-state index contributed by atoms with van der Waals surface area (Å²) in [6.07, 6.45) is -8.32. The van der Waals surface area contributed by atoms with Crippen molar-refractivity contribution in [2.75, 3.05) is 45.3 Å². The van der Waals surface area contributed by atoms with E-state index in [0.29, 0.717) is 34.8 Å². The number of carbonyl (C=O) groups excluding carboxylic acids is 1. The number of amidine groups is 1. The highest BCUT2D eigenvalue weighted by molar-refractivity contribution is 8.18. The lowest BCUT2D eigenvalue weighted by atomic mass is 10.0. The molecule has 2 aliphatic rings. The van der Waals surface area contributed by atoms with Gasteiger partial charge in [-0.1, -0.05) is 18.2 Å². The minimum absolute atomic E-state index is 0.0679. The molecular weight excluding hydrogens is 624 g/mol. The molecular formula is C31H27F6N3O4S. The molecule has 238 valence electrons. The normalized spacial score (nSPS) is 16.7. The zero-order valence-electron chi connectivity index (χ0n) is 24.0. The Kier molecular flexibility index (Phi) is 9.23. The number of anilines is 1. The summed E-state index contributed by atoms with van der Waals surface area (Å²) in [5.74, 6) is 0.613. The van der Waals surface area contributed by atoms with Crippen LogP contribution in [0.2, 0.25) is 0 Å². The highest BCUT2D eigenvalue weighted by Crippen LogP contribution is 2.39. The quantitative estimate of drug-likeness (QED) is 0.199. The first-order valence-electron chi connectivity index (χ1n) is 13.6. The first-order valence-corrected chi connectivity index (χ1v) is 14.4. The number of carbonyl (C=O) groups is 1. The lowest BCUT2D eigenvalue weighted by molar-refractivity contribution is -0.143. The molecule has 0 aromatic heterocycles. The van der Waals surface area contributed by atoms with Crippen molar-refractivity contribution >= 4 is 34.6 Å². The third-order valence-corrected chi connectivity index (χ3v) is 8.23. The maximum Gasteiger partial charge on any atom is 0.416 e. The molecule has 3 aromatic carbocycles. The Balaban J connectivity index is 1.24. The number of amides is 1. The Bertz CT molecular complexity index is 1630. The number of aliphatic imine (C=N–C) groups is 1.